The van der Waals surface area contributed by atoms with Crippen molar-refractivity contribution in [1.82, 2.24) is 10.2 Å². The van der Waals surface area contributed by atoms with Gasteiger partial charge in [-0.1, -0.05) is 11.6 Å². The third-order valence-electron chi connectivity index (χ3n) is 4.01. The second kappa shape index (κ2) is 7.99. The van der Waals surface area contributed by atoms with Crippen LogP contribution in [0.15, 0.2) is 18.2 Å². The summed E-state index contributed by atoms with van der Waals surface area (Å²) in [6.45, 7) is 7.08. The van der Waals surface area contributed by atoms with Crippen molar-refractivity contribution in [1.29, 1.82) is 0 Å². The van der Waals surface area contributed by atoms with Crippen LogP contribution in [0.5, 0.6) is 0 Å². The third-order valence-corrected chi connectivity index (χ3v) is 4.37. The van der Waals surface area contributed by atoms with E-state index >= 15 is 0 Å². The molecule has 0 spiro atoms. The number of nitrogens with zero attached hydrogens (tertiary/aromatic N) is 1. The molecule has 0 bridgehead atoms. The van der Waals surface area contributed by atoms with Crippen molar-refractivity contribution in [3.63, 3.8) is 0 Å². The normalized spacial score (nSPS) is 22.5. The van der Waals surface area contributed by atoms with Crippen molar-refractivity contribution in [3.05, 3.63) is 34.3 Å². The number of benzene rings is 1. The van der Waals surface area contributed by atoms with Crippen LogP contribution < -0.4 is 5.32 Å². The second-order valence-corrected chi connectivity index (χ2v) is 5.66. The number of hydrogen-bond donors (Lipinski definition) is 1. The van der Waals surface area contributed by atoms with E-state index in [1.807, 2.05) is 6.07 Å². The van der Waals surface area contributed by atoms with Crippen LogP contribution in [-0.4, -0.2) is 43.2 Å². The SMILES string of the molecule is COC(=O)c1ccc(Cl)c(CN2CCNC(C)C2C)c1.Cl. The molecule has 0 aliphatic carbocycles. The average Bonchev–Trinajstić information content (AvgIpc) is 2.45. The van der Waals surface area contributed by atoms with Crippen LogP contribution in [0.2, 0.25) is 5.02 Å². The quantitative estimate of drug-likeness (QED) is 0.864. The largest absolute Gasteiger partial charge is 0.465 e. The molecule has 1 aliphatic heterocycles. The fourth-order valence-electron chi connectivity index (χ4n) is 2.51. The van der Waals surface area contributed by atoms with E-state index < -0.39 is 0 Å². The highest BCUT2D eigenvalue weighted by Crippen LogP contribution is 2.22. The van der Waals surface area contributed by atoms with E-state index in [0.29, 0.717) is 22.7 Å². The number of piperazine rings is 1. The molecule has 1 N–H and O–H groups in total. The summed E-state index contributed by atoms with van der Waals surface area (Å²) in [6.07, 6.45) is 0. The maximum Gasteiger partial charge on any atom is 0.337 e. The molecule has 21 heavy (non-hydrogen) atoms. The molecule has 4 nitrogen and oxygen atoms in total. The number of ether oxygens (including phenoxy) is 1. The molecule has 2 unspecified atom stereocenters. The Labute approximate surface area is 137 Å². The molecule has 6 heteroatoms. The number of nitrogens with one attached hydrogen (secondary N) is 1. The molecule has 0 radical (unpaired) electrons. The lowest BCUT2D eigenvalue weighted by Gasteiger charge is -2.38. The van der Waals surface area contributed by atoms with Crippen LogP contribution in [0.4, 0.5) is 0 Å². The zero-order valence-corrected chi connectivity index (χ0v) is 14.1. The monoisotopic (exact) mass is 332 g/mol. The second-order valence-electron chi connectivity index (χ2n) is 5.25. The highest BCUT2D eigenvalue weighted by atomic mass is 35.5. The Balaban J connectivity index is 0.00000220. The van der Waals surface area contributed by atoms with Crippen molar-refractivity contribution >= 4 is 30.0 Å². The third kappa shape index (κ3) is 4.33. The molecule has 1 heterocycles. The lowest BCUT2D eigenvalue weighted by atomic mass is 10.0. The smallest absolute Gasteiger partial charge is 0.337 e. The Hall–Kier alpha value is -0.810. The molecular weight excluding hydrogens is 311 g/mol. The average molecular weight is 333 g/mol. The molecule has 1 fully saturated rings. The first kappa shape index (κ1) is 18.2. The van der Waals surface area contributed by atoms with Crippen molar-refractivity contribution in [2.75, 3.05) is 20.2 Å². The summed E-state index contributed by atoms with van der Waals surface area (Å²) in [5, 5.41) is 4.14. The van der Waals surface area contributed by atoms with E-state index in [1.165, 1.54) is 7.11 Å². The molecule has 2 atom stereocenters. The van der Waals surface area contributed by atoms with Gasteiger partial charge in [-0.2, -0.15) is 0 Å². The number of rotatable bonds is 3. The zero-order chi connectivity index (χ0) is 14.7. The van der Waals surface area contributed by atoms with Crippen LogP contribution in [0.3, 0.4) is 0 Å². The minimum atomic E-state index is -0.329. The molecule has 2 rings (SSSR count). The van der Waals surface area contributed by atoms with Gasteiger partial charge in [-0.3, -0.25) is 4.90 Å². The number of carbonyl (C=O) groups is 1. The molecule has 1 aromatic rings. The predicted molar refractivity (Wildman–Crippen MR) is 87.4 cm³/mol. The van der Waals surface area contributed by atoms with Gasteiger partial charge >= 0.3 is 5.97 Å². The van der Waals surface area contributed by atoms with Gasteiger partial charge in [-0.05, 0) is 37.6 Å². The van der Waals surface area contributed by atoms with Gasteiger partial charge in [0.1, 0.15) is 0 Å². The van der Waals surface area contributed by atoms with Gasteiger partial charge in [0.15, 0.2) is 0 Å². The lowest BCUT2D eigenvalue weighted by molar-refractivity contribution is 0.0600. The predicted octanol–water partition coefficient (Wildman–Crippen LogP) is 2.73. The van der Waals surface area contributed by atoms with Crippen LogP contribution in [0.25, 0.3) is 0 Å². The van der Waals surface area contributed by atoms with Crippen molar-refractivity contribution < 1.29 is 9.53 Å². The van der Waals surface area contributed by atoms with Crippen molar-refractivity contribution in [3.8, 4) is 0 Å². The number of methoxy groups -OCH3 is 1. The molecular formula is C15H22Cl2N2O2. The van der Waals surface area contributed by atoms with E-state index in [-0.39, 0.29) is 18.4 Å². The number of esters is 1. The maximum absolute atomic E-state index is 11.6. The Morgan fingerprint density at radius 1 is 1.48 bits per heavy atom. The molecule has 0 saturated carbocycles. The summed E-state index contributed by atoms with van der Waals surface area (Å²) in [5.74, 6) is -0.329. The van der Waals surface area contributed by atoms with E-state index in [2.05, 4.69) is 24.1 Å². The molecule has 0 aromatic heterocycles. The lowest BCUT2D eigenvalue weighted by Crippen LogP contribution is -2.54. The Morgan fingerprint density at radius 3 is 2.86 bits per heavy atom. The van der Waals surface area contributed by atoms with Crippen LogP contribution in [-0.2, 0) is 11.3 Å². The molecule has 118 valence electrons. The fourth-order valence-corrected chi connectivity index (χ4v) is 2.69. The number of hydrogen-bond acceptors (Lipinski definition) is 4. The number of carbonyl (C=O) groups excluding carboxylic acids is 1. The summed E-state index contributed by atoms with van der Waals surface area (Å²) >= 11 is 6.25. The molecule has 0 amide bonds. The fraction of sp³-hybridized carbons (Fsp3) is 0.533. The van der Waals surface area contributed by atoms with Gasteiger partial charge in [0.25, 0.3) is 0 Å². The van der Waals surface area contributed by atoms with Crippen LogP contribution in [0.1, 0.15) is 29.8 Å². The summed E-state index contributed by atoms with van der Waals surface area (Å²) < 4.78 is 4.75. The first-order chi connectivity index (χ1) is 9.52. The highest BCUT2D eigenvalue weighted by molar-refractivity contribution is 6.31. The maximum atomic E-state index is 11.6. The minimum Gasteiger partial charge on any atom is -0.465 e. The van der Waals surface area contributed by atoms with Crippen molar-refractivity contribution in [2.24, 2.45) is 0 Å². The van der Waals surface area contributed by atoms with Crippen LogP contribution in [0, 0.1) is 0 Å². The Kier molecular flexibility index (Phi) is 6.94. The first-order valence-corrected chi connectivity index (χ1v) is 7.25. The summed E-state index contributed by atoms with van der Waals surface area (Å²) in [6, 6.07) is 6.17. The van der Waals surface area contributed by atoms with Gasteiger partial charge in [0.2, 0.25) is 0 Å². The molecule has 1 saturated heterocycles. The van der Waals surface area contributed by atoms with Crippen LogP contribution >= 0.6 is 24.0 Å². The van der Waals surface area contributed by atoms with Gasteiger partial charge in [-0.15, -0.1) is 12.4 Å². The summed E-state index contributed by atoms with van der Waals surface area (Å²) in [5.41, 5.74) is 1.51. The minimum absolute atomic E-state index is 0. The summed E-state index contributed by atoms with van der Waals surface area (Å²) in [7, 11) is 1.39. The number of halogens is 2. The topological polar surface area (TPSA) is 41.6 Å². The van der Waals surface area contributed by atoms with Gasteiger partial charge < -0.3 is 10.1 Å². The van der Waals surface area contributed by atoms with Crippen molar-refractivity contribution in [2.45, 2.75) is 32.5 Å². The van der Waals surface area contributed by atoms with Gasteiger partial charge in [-0.25, -0.2) is 4.79 Å². The highest BCUT2D eigenvalue weighted by Gasteiger charge is 2.24. The van der Waals surface area contributed by atoms with E-state index in [9.17, 15) is 4.79 Å². The van der Waals surface area contributed by atoms with E-state index in [1.54, 1.807) is 12.1 Å². The van der Waals surface area contributed by atoms with Gasteiger partial charge in [0, 0.05) is 36.7 Å². The Bertz CT molecular complexity index is 497. The van der Waals surface area contributed by atoms with E-state index in [4.69, 9.17) is 16.3 Å². The Morgan fingerprint density at radius 2 is 2.19 bits per heavy atom. The van der Waals surface area contributed by atoms with Gasteiger partial charge in [0.05, 0.1) is 12.7 Å². The summed E-state index contributed by atoms with van der Waals surface area (Å²) in [4.78, 5) is 14.0. The zero-order valence-electron chi connectivity index (χ0n) is 12.6. The standard InChI is InChI=1S/C15H21ClN2O2.ClH/c1-10-11(2)18(7-6-17-10)9-13-8-12(15(19)20-3)4-5-14(13)16;/h4-5,8,10-11,17H,6-7,9H2,1-3H3;1H. The first-order valence-electron chi connectivity index (χ1n) is 6.87. The van der Waals surface area contributed by atoms with E-state index in [0.717, 1.165) is 25.2 Å². The molecule has 1 aliphatic rings. The molecule has 1 aromatic carbocycles.